The minimum atomic E-state index is -1.84. The lowest BCUT2D eigenvalue weighted by Gasteiger charge is -2.22. The van der Waals surface area contributed by atoms with E-state index in [4.69, 9.17) is 27.9 Å². The SMILES string of the molecule is CC(=O)C[C@@]1(O)C(=O)N(CCOc2ccc(Cl)cc2Cl)c2ccc(C)cc21. The van der Waals surface area contributed by atoms with E-state index in [0.717, 1.165) is 5.56 Å². The Morgan fingerprint density at radius 3 is 2.63 bits per heavy atom. The van der Waals surface area contributed by atoms with E-state index in [9.17, 15) is 14.7 Å². The van der Waals surface area contributed by atoms with Crippen LogP contribution in [0.15, 0.2) is 36.4 Å². The normalized spacial score (nSPS) is 18.6. The second-order valence-corrected chi connectivity index (χ2v) is 7.48. The van der Waals surface area contributed by atoms with E-state index in [2.05, 4.69) is 0 Å². The third-order valence-electron chi connectivity index (χ3n) is 4.46. The second kappa shape index (κ2) is 7.50. The number of carbonyl (C=O) groups excluding carboxylic acids is 2. The summed E-state index contributed by atoms with van der Waals surface area (Å²) >= 11 is 12.0. The largest absolute Gasteiger partial charge is 0.490 e. The quantitative estimate of drug-likeness (QED) is 0.788. The Hall–Kier alpha value is -2.08. The maximum absolute atomic E-state index is 12.9. The van der Waals surface area contributed by atoms with Crippen LogP contribution in [0.25, 0.3) is 0 Å². The molecule has 0 spiro atoms. The van der Waals surface area contributed by atoms with Crippen LogP contribution in [0.2, 0.25) is 10.0 Å². The summed E-state index contributed by atoms with van der Waals surface area (Å²) in [4.78, 5) is 26.0. The van der Waals surface area contributed by atoms with Crippen LogP contribution < -0.4 is 9.64 Å². The molecule has 1 heterocycles. The molecule has 0 saturated carbocycles. The molecule has 1 amide bonds. The summed E-state index contributed by atoms with van der Waals surface area (Å²) < 4.78 is 5.66. The van der Waals surface area contributed by atoms with Crippen LogP contribution in [0.4, 0.5) is 5.69 Å². The molecule has 3 rings (SSSR count). The number of aliphatic hydroxyl groups is 1. The van der Waals surface area contributed by atoms with E-state index >= 15 is 0 Å². The first-order valence-electron chi connectivity index (χ1n) is 8.45. The number of aryl methyl sites for hydroxylation is 1. The predicted molar refractivity (Wildman–Crippen MR) is 105 cm³/mol. The fourth-order valence-corrected chi connectivity index (χ4v) is 3.72. The van der Waals surface area contributed by atoms with Gasteiger partial charge in [-0.25, -0.2) is 0 Å². The molecule has 0 fully saturated rings. The Kier molecular flexibility index (Phi) is 5.47. The number of halogens is 2. The second-order valence-electron chi connectivity index (χ2n) is 6.64. The van der Waals surface area contributed by atoms with E-state index in [1.165, 1.54) is 11.8 Å². The Bertz CT molecular complexity index is 915. The molecule has 0 saturated heterocycles. The van der Waals surface area contributed by atoms with Crippen molar-refractivity contribution in [1.82, 2.24) is 0 Å². The number of rotatable bonds is 6. The molecule has 0 bridgehead atoms. The summed E-state index contributed by atoms with van der Waals surface area (Å²) in [7, 11) is 0. The molecule has 2 aromatic carbocycles. The summed E-state index contributed by atoms with van der Waals surface area (Å²) in [6.45, 7) is 3.59. The lowest BCUT2D eigenvalue weighted by Crippen LogP contribution is -2.43. The van der Waals surface area contributed by atoms with Crippen LogP contribution in [0.5, 0.6) is 5.75 Å². The summed E-state index contributed by atoms with van der Waals surface area (Å²) in [5.74, 6) is -0.329. The first kappa shape index (κ1) is 19.7. The number of anilines is 1. The van der Waals surface area contributed by atoms with Crippen molar-refractivity contribution >= 4 is 40.6 Å². The third-order valence-corrected chi connectivity index (χ3v) is 4.99. The minimum absolute atomic E-state index is 0.163. The van der Waals surface area contributed by atoms with Gasteiger partial charge in [-0.15, -0.1) is 0 Å². The van der Waals surface area contributed by atoms with E-state index < -0.39 is 11.5 Å². The van der Waals surface area contributed by atoms with Gasteiger partial charge in [0, 0.05) is 17.0 Å². The van der Waals surface area contributed by atoms with Gasteiger partial charge in [-0.3, -0.25) is 9.59 Å². The number of benzene rings is 2. The van der Waals surface area contributed by atoms with Gasteiger partial charge in [-0.2, -0.15) is 0 Å². The Morgan fingerprint density at radius 2 is 1.96 bits per heavy atom. The number of hydrogen-bond donors (Lipinski definition) is 1. The molecule has 0 radical (unpaired) electrons. The van der Waals surface area contributed by atoms with E-state index in [-0.39, 0.29) is 25.4 Å². The number of hydrogen-bond acceptors (Lipinski definition) is 4. The average Bonchev–Trinajstić information content (AvgIpc) is 2.77. The Morgan fingerprint density at radius 1 is 1.22 bits per heavy atom. The van der Waals surface area contributed by atoms with Crippen LogP contribution >= 0.6 is 23.2 Å². The topological polar surface area (TPSA) is 66.8 Å². The summed E-state index contributed by atoms with van der Waals surface area (Å²) in [6, 6.07) is 10.3. The maximum Gasteiger partial charge on any atom is 0.264 e. The molecule has 0 unspecified atom stereocenters. The summed E-state index contributed by atoms with van der Waals surface area (Å²) in [6.07, 6.45) is -0.261. The van der Waals surface area contributed by atoms with Gasteiger partial charge >= 0.3 is 0 Å². The molecule has 1 aliphatic heterocycles. The lowest BCUT2D eigenvalue weighted by molar-refractivity contribution is -0.141. The molecule has 142 valence electrons. The van der Waals surface area contributed by atoms with Crippen LogP contribution in [0.1, 0.15) is 24.5 Å². The van der Waals surface area contributed by atoms with Gasteiger partial charge in [0.15, 0.2) is 5.60 Å². The van der Waals surface area contributed by atoms with Crippen LogP contribution in [-0.2, 0) is 15.2 Å². The van der Waals surface area contributed by atoms with Crippen LogP contribution in [-0.4, -0.2) is 29.9 Å². The van der Waals surface area contributed by atoms with Crippen molar-refractivity contribution in [3.8, 4) is 5.75 Å². The lowest BCUT2D eigenvalue weighted by atomic mass is 9.89. The van der Waals surface area contributed by atoms with Gasteiger partial charge in [0.2, 0.25) is 0 Å². The zero-order chi connectivity index (χ0) is 19.8. The molecule has 7 heteroatoms. The standard InChI is InChI=1S/C20H19Cl2NO4/c1-12-3-5-17-15(9-12)20(26,11-13(2)24)19(25)23(17)7-8-27-18-6-4-14(21)10-16(18)22/h3-6,9-10,26H,7-8,11H2,1-2H3/t20-/m0/s1. The number of Topliss-reactive ketones (excluding diaryl/α,β-unsaturated/α-hetero) is 1. The van der Waals surface area contributed by atoms with Crippen molar-refractivity contribution in [2.45, 2.75) is 25.9 Å². The predicted octanol–water partition coefficient (Wildman–Crippen LogP) is 3.89. The van der Waals surface area contributed by atoms with E-state index in [1.807, 2.05) is 13.0 Å². The van der Waals surface area contributed by atoms with Crippen molar-refractivity contribution in [1.29, 1.82) is 0 Å². The third kappa shape index (κ3) is 3.81. The zero-order valence-electron chi connectivity index (χ0n) is 15.0. The van der Waals surface area contributed by atoms with E-state index in [1.54, 1.807) is 30.3 Å². The molecule has 27 heavy (non-hydrogen) atoms. The van der Waals surface area contributed by atoms with Gasteiger partial charge in [-0.1, -0.05) is 40.9 Å². The molecular weight excluding hydrogens is 389 g/mol. The van der Waals surface area contributed by atoms with Crippen molar-refractivity contribution in [3.05, 3.63) is 57.6 Å². The fourth-order valence-electron chi connectivity index (χ4n) is 3.26. The molecule has 1 N–H and O–H groups in total. The highest BCUT2D eigenvalue weighted by molar-refractivity contribution is 6.35. The number of nitrogens with zero attached hydrogens (tertiary/aromatic N) is 1. The molecule has 1 aliphatic rings. The van der Waals surface area contributed by atoms with Gasteiger partial charge in [-0.05, 0) is 38.1 Å². The highest BCUT2D eigenvalue weighted by atomic mass is 35.5. The molecule has 2 aromatic rings. The zero-order valence-corrected chi connectivity index (χ0v) is 16.5. The van der Waals surface area contributed by atoms with Gasteiger partial charge < -0.3 is 14.7 Å². The smallest absolute Gasteiger partial charge is 0.264 e. The Labute approximate surface area is 167 Å². The van der Waals surface area contributed by atoms with E-state index in [0.29, 0.717) is 27.0 Å². The number of fused-ring (bicyclic) bond motifs is 1. The number of amides is 1. The highest BCUT2D eigenvalue weighted by Gasteiger charge is 2.50. The van der Waals surface area contributed by atoms with Crippen LogP contribution in [0.3, 0.4) is 0 Å². The molecule has 5 nitrogen and oxygen atoms in total. The molecule has 0 aromatic heterocycles. The van der Waals surface area contributed by atoms with Gasteiger partial charge in [0.1, 0.15) is 18.1 Å². The van der Waals surface area contributed by atoms with Gasteiger partial charge in [0.25, 0.3) is 5.91 Å². The molecule has 1 atom stereocenters. The first-order chi connectivity index (χ1) is 12.7. The van der Waals surface area contributed by atoms with Gasteiger partial charge in [0.05, 0.1) is 17.3 Å². The van der Waals surface area contributed by atoms with Crippen molar-refractivity contribution < 1.29 is 19.4 Å². The monoisotopic (exact) mass is 407 g/mol. The summed E-state index contributed by atoms with van der Waals surface area (Å²) in [5.41, 5.74) is 0.0902. The minimum Gasteiger partial charge on any atom is -0.490 e. The van der Waals surface area contributed by atoms with Crippen LogP contribution in [0, 0.1) is 6.92 Å². The fraction of sp³-hybridized carbons (Fsp3) is 0.300. The summed E-state index contributed by atoms with van der Waals surface area (Å²) in [5, 5.41) is 11.9. The average molecular weight is 408 g/mol. The Balaban J connectivity index is 1.81. The van der Waals surface area contributed by atoms with Crippen molar-refractivity contribution in [2.24, 2.45) is 0 Å². The first-order valence-corrected chi connectivity index (χ1v) is 9.21. The molecular formula is C20H19Cl2NO4. The van der Waals surface area contributed by atoms with Crippen molar-refractivity contribution in [2.75, 3.05) is 18.1 Å². The maximum atomic E-state index is 12.9. The highest BCUT2D eigenvalue weighted by Crippen LogP contribution is 2.43. The molecule has 0 aliphatic carbocycles. The number of ether oxygens (including phenoxy) is 1. The number of ketones is 1. The number of carbonyl (C=O) groups is 2. The van der Waals surface area contributed by atoms with Crippen molar-refractivity contribution in [3.63, 3.8) is 0 Å².